The Kier molecular flexibility index (Phi) is 3.86. The van der Waals surface area contributed by atoms with E-state index >= 15 is 0 Å². The quantitative estimate of drug-likeness (QED) is 0.688. The maximum absolute atomic E-state index is 12.2. The van der Waals surface area contributed by atoms with Crippen LogP contribution in [0, 0.1) is 5.92 Å². The number of hydrogen-bond donors (Lipinski definition) is 1. The molecule has 1 fully saturated rings. The molecular weight excluding hydrogens is 274 g/mol. The van der Waals surface area contributed by atoms with E-state index in [9.17, 15) is 4.79 Å². The number of aromatic amines is 1. The molecular formula is C13H17N5OS. The van der Waals surface area contributed by atoms with E-state index in [1.165, 1.54) is 18.1 Å². The SMILES string of the molecule is CC1CCN(C(=O)CSc2ncnc3nc[nH]c23)CC1. The molecule has 0 radical (unpaired) electrons. The molecule has 1 amide bonds. The first kappa shape index (κ1) is 13.4. The molecule has 2 aromatic heterocycles. The number of piperidine rings is 1. The smallest absolute Gasteiger partial charge is 0.232 e. The van der Waals surface area contributed by atoms with E-state index in [-0.39, 0.29) is 5.91 Å². The second-order valence-corrected chi connectivity index (χ2v) is 6.10. The number of imidazole rings is 1. The molecule has 0 aliphatic carbocycles. The lowest BCUT2D eigenvalue weighted by molar-refractivity contribution is -0.129. The van der Waals surface area contributed by atoms with E-state index in [2.05, 4.69) is 26.9 Å². The van der Waals surface area contributed by atoms with Crippen molar-refractivity contribution in [3.05, 3.63) is 12.7 Å². The van der Waals surface area contributed by atoms with E-state index < -0.39 is 0 Å². The van der Waals surface area contributed by atoms with Crippen LogP contribution in [0.3, 0.4) is 0 Å². The maximum Gasteiger partial charge on any atom is 0.232 e. The number of likely N-dealkylation sites (tertiary alicyclic amines) is 1. The summed E-state index contributed by atoms with van der Waals surface area (Å²) in [5.74, 6) is 1.34. The summed E-state index contributed by atoms with van der Waals surface area (Å²) in [5.41, 5.74) is 1.44. The largest absolute Gasteiger partial charge is 0.342 e. The van der Waals surface area contributed by atoms with Gasteiger partial charge in [0.05, 0.1) is 12.1 Å². The first-order valence-corrected chi connectivity index (χ1v) is 7.77. The zero-order chi connectivity index (χ0) is 13.9. The van der Waals surface area contributed by atoms with Gasteiger partial charge in [-0.1, -0.05) is 18.7 Å². The molecule has 0 bridgehead atoms. The van der Waals surface area contributed by atoms with Crippen molar-refractivity contribution in [3.63, 3.8) is 0 Å². The van der Waals surface area contributed by atoms with Crippen LogP contribution >= 0.6 is 11.8 Å². The molecule has 1 aliphatic rings. The fourth-order valence-corrected chi connectivity index (χ4v) is 3.19. The molecule has 0 saturated carbocycles. The van der Waals surface area contributed by atoms with Crippen molar-refractivity contribution in [1.29, 1.82) is 0 Å². The normalized spacial score (nSPS) is 16.8. The van der Waals surface area contributed by atoms with Crippen LogP contribution < -0.4 is 0 Å². The zero-order valence-electron chi connectivity index (χ0n) is 11.4. The highest BCUT2D eigenvalue weighted by Crippen LogP contribution is 2.23. The number of fused-ring (bicyclic) bond motifs is 1. The number of carbonyl (C=O) groups is 1. The number of rotatable bonds is 3. The van der Waals surface area contributed by atoms with Crippen molar-refractivity contribution in [2.45, 2.75) is 24.8 Å². The lowest BCUT2D eigenvalue weighted by Gasteiger charge is -2.30. The van der Waals surface area contributed by atoms with Gasteiger partial charge in [-0.2, -0.15) is 0 Å². The van der Waals surface area contributed by atoms with Gasteiger partial charge in [-0.15, -0.1) is 0 Å². The van der Waals surface area contributed by atoms with Crippen LogP contribution in [0.4, 0.5) is 0 Å². The summed E-state index contributed by atoms with van der Waals surface area (Å²) in [6.07, 6.45) is 5.29. The number of amides is 1. The molecule has 7 heteroatoms. The summed E-state index contributed by atoms with van der Waals surface area (Å²) in [5, 5.41) is 0.784. The number of nitrogens with one attached hydrogen (secondary N) is 1. The molecule has 3 rings (SSSR count). The molecule has 0 aromatic carbocycles. The molecule has 1 saturated heterocycles. The highest BCUT2D eigenvalue weighted by Gasteiger charge is 2.20. The van der Waals surface area contributed by atoms with Crippen LogP contribution in [0.25, 0.3) is 11.2 Å². The van der Waals surface area contributed by atoms with Gasteiger partial charge in [-0.05, 0) is 18.8 Å². The van der Waals surface area contributed by atoms with Crippen molar-refractivity contribution in [1.82, 2.24) is 24.8 Å². The lowest BCUT2D eigenvalue weighted by Crippen LogP contribution is -2.38. The first-order valence-electron chi connectivity index (χ1n) is 6.78. The third-order valence-electron chi connectivity index (χ3n) is 3.66. The molecule has 3 heterocycles. The van der Waals surface area contributed by atoms with Crippen LogP contribution in [0.2, 0.25) is 0 Å². The van der Waals surface area contributed by atoms with Crippen molar-refractivity contribution in [2.24, 2.45) is 5.92 Å². The predicted molar refractivity (Wildman–Crippen MR) is 77.4 cm³/mol. The molecule has 0 atom stereocenters. The van der Waals surface area contributed by atoms with E-state index in [1.807, 2.05) is 4.90 Å². The average Bonchev–Trinajstić information content (AvgIpc) is 2.94. The minimum Gasteiger partial charge on any atom is -0.342 e. The molecule has 0 unspecified atom stereocenters. The van der Waals surface area contributed by atoms with E-state index in [4.69, 9.17) is 0 Å². The maximum atomic E-state index is 12.2. The second kappa shape index (κ2) is 5.78. The van der Waals surface area contributed by atoms with Crippen LogP contribution in [-0.2, 0) is 4.79 Å². The van der Waals surface area contributed by atoms with E-state index in [0.717, 1.165) is 42.4 Å². The summed E-state index contributed by atoms with van der Waals surface area (Å²) in [7, 11) is 0. The first-order chi connectivity index (χ1) is 9.74. The van der Waals surface area contributed by atoms with Gasteiger partial charge in [-0.3, -0.25) is 4.79 Å². The Balaban J connectivity index is 1.62. The third-order valence-corrected chi connectivity index (χ3v) is 4.63. The average molecular weight is 291 g/mol. The number of H-pyrrole nitrogens is 1. The Morgan fingerprint density at radius 3 is 3.00 bits per heavy atom. The Morgan fingerprint density at radius 1 is 1.40 bits per heavy atom. The van der Waals surface area contributed by atoms with Gasteiger partial charge >= 0.3 is 0 Å². The second-order valence-electron chi connectivity index (χ2n) is 5.13. The minimum absolute atomic E-state index is 0.188. The van der Waals surface area contributed by atoms with Crippen molar-refractivity contribution < 1.29 is 4.79 Å². The van der Waals surface area contributed by atoms with Gasteiger partial charge < -0.3 is 9.88 Å². The predicted octanol–water partition coefficient (Wildman–Crippen LogP) is 1.70. The summed E-state index contributed by atoms with van der Waals surface area (Å²) in [6.45, 7) is 4.00. The molecule has 0 spiro atoms. The highest BCUT2D eigenvalue weighted by atomic mass is 32.2. The van der Waals surface area contributed by atoms with Gasteiger partial charge in [0.2, 0.25) is 5.91 Å². The van der Waals surface area contributed by atoms with Crippen LogP contribution in [0.5, 0.6) is 0 Å². The van der Waals surface area contributed by atoms with E-state index in [0.29, 0.717) is 11.4 Å². The third kappa shape index (κ3) is 2.77. The Bertz CT molecular complexity index is 606. The van der Waals surface area contributed by atoms with Gasteiger partial charge in [0, 0.05) is 13.1 Å². The van der Waals surface area contributed by atoms with Crippen LogP contribution in [-0.4, -0.2) is 49.6 Å². The van der Waals surface area contributed by atoms with Gasteiger partial charge in [0.25, 0.3) is 0 Å². The lowest BCUT2D eigenvalue weighted by atomic mass is 9.99. The Morgan fingerprint density at radius 2 is 2.20 bits per heavy atom. The summed E-state index contributed by atoms with van der Waals surface area (Å²) in [6, 6.07) is 0. The topological polar surface area (TPSA) is 74.8 Å². The fraction of sp³-hybridized carbons (Fsp3) is 0.538. The number of aromatic nitrogens is 4. The van der Waals surface area contributed by atoms with Crippen LogP contribution in [0.15, 0.2) is 17.7 Å². The summed E-state index contributed by atoms with van der Waals surface area (Å²) in [4.78, 5) is 29.5. The van der Waals surface area contributed by atoms with Gasteiger partial charge in [-0.25, -0.2) is 15.0 Å². The number of thioether (sulfide) groups is 1. The monoisotopic (exact) mass is 291 g/mol. The zero-order valence-corrected chi connectivity index (χ0v) is 12.2. The fourth-order valence-electron chi connectivity index (χ4n) is 2.33. The number of hydrogen-bond acceptors (Lipinski definition) is 5. The van der Waals surface area contributed by atoms with Crippen LogP contribution in [0.1, 0.15) is 19.8 Å². The van der Waals surface area contributed by atoms with Gasteiger partial charge in [0.1, 0.15) is 16.9 Å². The minimum atomic E-state index is 0.188. The van der Waals surface area contributed by atoms with Crippen molar-refractivity contribution in [3.8, 4) is 0 Å². The Labute approximate surface area is 121 Å². The molecule has 20 heavy (non-hydrogen) atoms. The van der Waals surface area contributed by atoms with E-state index in [1.54, 1.807) is 6.33 Å². The highest BCUT2D eigenvalue weighted by molar-refractivity contribution is 8.00. The van der Waals surface area contributed by atoms with Crippen molar-refractivity contribution in [2.75, 3.05) is 18.8 Å². The summed E-state index contributed by atoms with van der Waals surface area (Å²) >= 11 is 1.44. The molecule has 2 aromatic rings. The summed E-state index contributed by atoms with van der Waals surface area (Å²) < 4.78 is 0. The molecule has 106 valence electrons. The number of carbonyl (C=O) groups excluding carboxylic acids is 1. The number of nitrogens with zero attached hydrogens (tertiary/aromatic N) is 4. The molecule has 6 nitrogen and oxygen atoms in total. The standard InChI is InChI=1S/C13H17N5OS/c1-9-2-4-18(5-3-9)10(19)6-20-13-11-12(15-7-14-11)16-8-17-13/h7-9H,2-6H2,1H3,(H,14,15,16,17). The van der Waals surface area contributed by atoms with Crippen molar-refractivity contribution >= 4 is 28.8 Å². The van der Waals surface area contributed by atoms with Gasteiger partial charge in [0.15, 0.2) is 5.65 Å². The molecule has 1 aliphatic heterocycles. The Hall–Kier alpha value is -1.63. The molecule has 1 N–H and O–H groups in total.